The molecule has 0 bridgehead atoms. The molecule has 0 unspecified atom stereocenters. The van der Waals surface area contributed by atoms with Crippen molar-refractivity contribution in [2.75, 3.05) is 5.32 Å². The molecule has 0 radical (unpaired) electrons. The number of rotatable bonds is 4. The number of nitrogens with one attached hydrogen (secondary N) is 1. The van der Waals surface area contributed by atoms with E-state index < -0.39 is 11.9 Å². The molecule has 1 amide bonds. The monoisotopic (exact) mass is 469 g/mol. The van der Waals surface area contributed by atoms with Crippen molar-refractivity contribution >= 4 is 63.1 Å². The summed E-state index contributed by atoms with van der Waals surface area (Å²) in [6.07, 6.45) is 0. The lowest BCUT2D eigenvalue weighted by Crippen LogP contribution is -2.17. The maximum atomic E-state index is 13.1. The van der Waals surface area contributed by atoms with Crippen molar-refractivity contribution in [2.45, 2.75) is 0 Å². The van der Waals surface area contributed by atoms with Gasteiger partial charge in [0.2, 0.25) is 0 Å². The summed E-state index contributed by atoms with van der Waals surface area (Å²) in [6, 6.07) is 20.8. The van der Waals surface area contributed by atoms with E-state index >= 15 is 0 Å². The topological polar surface area (TPSA) is 66.4 Å². The second-order valence-corrected chi connectivity index (χ2v) is 7.90. The minimum Gasteiger partial charge on any atom is -0.478 e. The van der Waals surface area contributed by atoms with Gasteiger partial charge in [-0.3, -0.25) is 4.79 Å². The summed E-state index contributed by atoms with van der Waals surface area (Å²) in [5.74, 6) is -1.81. The quantitative estimate of drug-likeness (QED) is 0.305. The predicted octanol–water partition coefficient (Wildman–Crippen LogP) is 7.42. The van der Waals surface area contributed by atoms with Crippen LogP contribution in [0.5, 0.6) is 0 Å². The number of aromatic carboxylic acids is 1. The highest BCUT2D eigenvalue weighted by molar-refractivity contribution is 6.49. The van der Waals surface area contributed by atoms with Crippen LogP contribution in [0.15, 0.2) is 72.8 Å². The Bertz CT molecular complexity index is 1350. The Morgan fingerprint density at radius 2 is 1.45 bits per heavy atom. The van der Waals surface area contributed by atoms with Gasteiger partial charge in [-0.2, -0.15) is 0 Å². The number of carboxylic acid groups (broad SMARTS) is 1. The first kappa shape index (κ1) is 21.2. The van der Waals surface area contributed by atoms with Crippen molar-refractivity contribution in [2.24, 2.45) is 0 Å². The first-order valence-corrected chi connectivity index (χ1v) is 10.3. The number of amides is 1. The summed E-state index contributed by atoms with van der Waals surface area (Å²) >= 11 is 18.5. The van der Waals surface area contributed by atoms with Gasteiger partial charge in [0, 0.05) is 16.6 Å². The Kier molecular flexibility index (Phi) is 5.88. The van der Waals surface area contributed by atoms with Crippen molar-refractivity contribution in [3.8, 4) is 11.1 Å². The van der Waals surface area contributed by atoms with Gasteiger partial charge in [0.15, 0.2) is 0 Å². The van der Waals surface area contributed by atoms with Crippen LogP contribution in [-0.2, 0) is 0 Å². The van der Waals surface area contributed by atoms with Crippen molar-refractivity contribution in [3.63, 3.8) is 0 Å². The lowest BCUT2D eigenvalue weighted by atomic mass is 9.94. The van der Waals surface area contributed by atoms with Crippen molar-refractivity contribution in [3.05, 3.63) is 99.0 Å². The largest absolute Gasteiger partial charge is 0.478 e. The molecule has 0 heterocycles. The molecule has 2 N–H and O–H groups in total. The van der Waals surface area contributed by atoms with E-state index in [2.05, 4.69) is 5.32 Å². The summed E-state index contributed by atoms with van der Waals surface area (Å²) in [4.78, 5) is 25.3. The third kappa shape index (κ3) is 3.98. The van der Waals surface area contributed by atoms with Crippen LogP contribution >= 0.6 is 34.8 Å². The molecule has 0 fully saturated rings. The molecule has 0 aromatic heterocycles. The molecule has 0 spiro atoms. The number of carbonyl (C=O) groups is 2. The molecule has 31 heavy (non-hydrogen) atoms. The van der Waals surface area contributed by atoms with Gasteiger partial charge in [-0.1, -0.05) is 89.4 Å². The van der Waals surface area contributed by atoms with Gasteiger partial charge in [0.25, 0.3) is 5.91 Å². The number of fused-ring (bicyclic) bond motifs is 1. The van der Waals surface area contributed by atoms with E-state index in [0.717, 1.165) is 10.8 Å². The van der Waals surface area contributed by atoms with Crippen LogP contribution in [0.4, 0.5) is 5.69 Å². The molecule has 0 atom stereocenters. The van der Waals surface area contributed by atoms with Gasteiger partial charge < -0.3 is 10.4 Å². The van der Waals surface area contributed by atoms with Crippen LogP contribution in [0.2, 0.25) is 15.1 Å². The van der Waals surface area contributed by atoms with E-state index in [1.807, 2.05) is 36.4 Å². The zero-order valence-corrected chi connectivity index (χ0v) is 18.1. The van der Waals surface area contributed by atoms with Crippen LogP contribution in [0.3, 0.4) is 0 Å². The van der Waals surface area contributed by atoms with Gasteiger partial charge in [-0.15, -0.1) is 0 Å². The molecule has 7 heteroatoms. The minimum atomic E-state index is -1.26. The number of carbonyl (C=O) groups excluding carboxylic acids is 1. The highest BCUT2D eigenvalue weighted by atomic mass is 35.5. The van der Waals surface area contributed by atoms with Gasteiger partial charge in [0.05, 0.1) is 26.2 Å². The van der Waals surface area contributed by atoms with E-state index in [9.17, 15) is 14.7 Å². The van der Waals surface area contributed by atoms with E-state index in [-0.39, 0.29) is 31.8 Å². The van der Waals surface area contributed by atoms with Crippen LogP contribution in [-0.4, -0.2) is 17.0 Å². The fraction of sp³-hybridized carbons (Fsp3) is 0. The average molecular weight is 471 g/mol. The summed E-state index contributed by atoms with van der Waals surface area (Å²) in [6.45, 7) is 0. The first-order valence-electron chi connectivity index (χ1n) is 9.17. The molecule has 0 aliphatic rings. The summed E-state index contributed by atoms with van der Waals surface area (Å²) < 4.78 is 0. The lowest BCUT2D eigenvalue weighted by Gasteiger charge is -2.15. The lowest BCUT2D eigenvalue weighted by molar-refractivity contribution is 0.0693. The second-order valence-electron chi connectivity index (χ2n) is 6.74. The van der Waals surface area contributed by atoms with Crippen LogP contribution in [0.25, 0.3) is 21.9 Å². The Morgan fingerprint density at radius 3 is 2.23 bits per heavy atom. The molecule has 0 saturated carbocycles. The number of hydrogen-bond donors (Lipinski definition) is 2. The van der Waals surface area contributed by atoms with E-state index in [1.165, 1.54) is 12.1 Å². The molecular weight excluding hydrogens is 457 g/mol. The molecule has 4 rings (SSSR count). The highest BCUT2D eigenvalue weighted by Gasteiger charge is 2.23. The average Bonchev–Trinajstić information content (AvgIpc) is 2.77. The van der Waals surface area contributed by atoms with Gasteiger partial charge in [0.1, 0.15) is 0 Å². The van der Waals surface area contributed by atoms with Gasteiger partial charge >= 0.3 is 5.97 Å². The van der Waals surface area contributed by atoms with E-state index in [1.54, 1.807) is 24.3 Å². The third-order valence-electron chi connectivity index (χ3n) is 4.89. The summed E-state index contributed by atoms with van der Waals surface area (Å²) in [5, 5.41) is 15.0. The van der Waals surface area contributed by atoms with Crippen molar-refractivity contribution < 1.29 is 14.7 Å². The van der Waals surface area contributed by atoms with Crippen LogP contribution < -0.4 is 5.32 Å². The number of benzene rings is 4. The molecule has 4 nitrogen and oxygen atoms in total. The Balaban J connectivity index is 1.82. The fourth-order valence-corrected chi connectivity index (χ4v) is 4.09. The van der Waals surface area contributed by atoms with Crippen LogP contribution in [0.1, 0.15) is 20.7 Å². The third-order valence-corrected chi connectivity index (χ3v) is 6.18. The Labute approximate surface area is 193 Å². The van der Waals surface area contributed by atoms with Crippen molar-refractivity contribution in [1.82, 2.24) is 0 Å². The van der Waals surface area contributed by atoms with Gasteiger partial charge in [-0.25, -0.2) is 4.79 Å². The van der Waals surface area contributed by atoms with Gasteiger partial charge in [-0.05, 0) is 29.1 Å². The zero-order chi connectivity index (χ0) is 22.1. The number of carboxylic acids is 1. The maximum Gasteiger partial charge on any atom is 0.337 e. The Morgan fingerprint density at radius 1 is 0.742 bits per heavy atom. The highest BCUT2D eigenvalue weighted by Crippen LogP contribution is 2.40. The first-order chi connectivity index (χ1) is 14.9. The SMILES string of the molecule is O=C(Nc1cccc2ccccc12)c1cccc(-c2ccc(Cl)c(Cl)c2Cl)c1C(=O)O. The van der Waals surface area contributed by atoms with E-state index in [4.69, 9.17) is 34.8 Å². The smallest absolute Gasteiger partial charge is 0.337 e. The standard InChI is InChI=1S/C24H14Cl3NO3/c25-18-12-11-16(21(26)22(18)27)15-8-4-9-17(20(15)24(30)31)23(29)28-19-10-3-6-13-5-1-2-7-14(13)19/h1-12H,(H,28,29)(H,30,31). The minimum absolute atomic E-state index is 0.0000679. The number of anilines is 1. The molecular formula is C24H14Cl3NO3. The number of halogens is 3. The fourth-order valence-electron chi connectivity index (χ4n) is 3.45. The maximum absolute atomic E-state index is 13.1. The molecule has 4 aromatic rings. The molecule has 0 aliphatic carbocycles. The van der Waals surface area contributed by atoms with Crippen molar-refractivity contribution in [1.29, 1.82) is 0 Å². The molecule has 0 saturated heterocycles. The molecule has 4 aromatic carbocycles. The second kappa shape index (κ2) is 8.60. The zero-order valence-electron chi connectivity index (χ0n) is 15.8. The van der Waals surface area contributed by atoms with E-state index in [0.29, 0.717) is 11.3 Å². The Hall–Kier alpha value is -3.05. The number of hydrogen-bond acceptors (Lipinski definition) is 2. The normalized spacial score (nSPS) is 10.8. The summed E-state index contributed by atoms with van der Waals surface area (Å²) in [7, 11) is 0. The molecule has 0 aliphatic heterocycles. The predicted molar refractivity (Wildman–Crippen MR) is 126 cm³/mol. The van der Waals surface area contributed by atoms with Crippen LogP contribution in [0, 0.1) is 0 Å². The molecule has 154 valence electrons. The summed E-state index contributed by atoms with van der Waals surface area (Å²) in [5.41, 5.74) is 1.04.